The Balaban J connectivity index is 1.77. The van der Waals surface area contributed by atoms with E-state index in [-0.39, 0.29) is 5.91 Å². The molecule has 0 saturated carbocycles. The van der Waals surface area contributed by atoms with Gasteiger partial charge in [0.15, 0.2) is 6.29 Å². The van der Waals surface area contributed by atoms with Crippen molar-refractivity contribution in [3.63, 3.8) is 0 Å². The van der Waals surface area contributed by atoms with E-state index in [1.54, 1.807) is 17.3 Å². The molecule has 6 nitrogen and oxygen atoms in total. The van der Waals surface area contributed by atoms with Crippen LogP contribution in [0.2, 0.25) is 0 Å². The molecule has 1 aromatic heterocycles. The first kappa shape index (κ1) is 17.8. The molecule has 1 aromatic carbocycles. The number of benzene rings is 1. The zero-order valence-electron chi connectivity index (χ0n) is 15.0. The monoisotopic (exact) mass is 349 g/mol. The van der Waals surface area contributed by atoms with Crippen molar-refractivity contribution in [1.82, 2.24) is 20.1 Å². The average Bonchev–Trinajstić information content (AvgIpc) is 2.69. The molecule has 1 atom stereocenters. The van der Waals surface area contributed by atoms with Crippen molar-refractivity contribution in [2.24, 2.45) is 4.99 Å². The van der Waals surface area contributed by atoms with E-state index in [2.05, 4.69) is 15.3 Å². The van der Waals surface area contributed by atoms with Gasteiger partial charge in [-0.2, -0.15) is 0 Å². The van der Waals surface area contributed by atoms with Crippen LogP contribution in [-0.4, -0.2) is 60.4 Å². The maximum Gasteiger partial charge on any atom is 0.256 e. The highest BCUT2D eigenvalue weighted by Crippen LogP contribution is 2.15. The fraction of sp³-hybridized carbons (Fsp3) is 0.250. The lowest BCUT2D eigenvalue weighted by Gasteiger charge is -2.32. The highest BCUT2D eigenvalue weighted by atomic mass is 16.2. The van der Waals surface area contributed by atoms with Gasteiger partial charge in [-0.15, -0.1) is 0 Å². The Bertz CT molecular complexity index is 786. The normalized spacial score (nSPS) is 16.1. The van der Waals surface area contributed by atoms with E-state index in [1.807, 2.05) is 73.7 Å². The Hall–Kier alpha value is -2.99. The third-order valence-corrected chi connectivity index (χ3v) is 4.07. The molecule has 1 amide bonds. The number of allylic oxidation sites excluding steroid dienone is 1. The van der Waals surface area contributed by atoms with Crippen LogP contribution >= 0.6 is 0 Å². The molecule has 0 bridgehead atoms. The molecule has 134 valence electrons. The van der Waals surface area contributed by atoms with Crippen molar-refractivity contribution in [2.75, 3.05) is 27.2 Å². The predicted octanol–water partition coefficient (Wildman–Crippen LogP) is 2.08. The Kier molecular flexibility index (Phi) is 5.76. The fourth-order valence-corrected chi connectivity index (χ4v) is 2.63. The fourth-order valence-electron chi connectivity index (χ4n) is 2.63. The molecule has 0 radical (unpaired) electrons. The van der Waals surface area contributed by atoms with Crippen molar-refractivity contribution >= 4 is 17.7 Å². The van der Waals surface area contributed by atoms with E-state index in [4.69, 9.17) is 0 Å². The van der Waals surface area contributed by atoms with Crippen molar-refractivity contribution in [2.45, 2.75) is 6.29 Å². The SMILES string of the molecule is CN(C)CCN(C(=O)c1ccccc1)C1N=CC(c2ccccn2)=CN1. The second kappa shape index (κ2) is 8.40. The lowest BCUT2D eigenvalue weighted by molar-refractivity contribution is 0.0649. The topological polar surface area (TPSA) is 60.8 Å². The first-order valence-corrected chi connectivity index (χ1v) is 8.57. The number of aliphatic imine (C=N–C) groups is 1. The largest absolute Gasteiger partial charge is 0.352 e. The number of amides is 1. The van der Waals surface area contributed by atoms with Gasteiger partial charge < -0.3 is 10.2 Å². The number of likely N-dealkylation sites (N-methyl/N-ethyl adjacent to an activating group) is 1. The lowest BCUT2D eigenvalue weighted by Crippen LogP contribution is -2.49. The number of nitrogens with one attached hydrogen (secondary N) is 1. The summed E-state index contributed by atoms with van der Waals surface area (Å²) in [5, 5.41) is 3.23. The highest BCUT2D eigenvalue weighted by Gasteiger charge is 2.25. The Morgan fingerprint density at radius 1 is 1.08 bits per heavy atom. The van der Waals surface area contributed by atoms with Gasteiger partial charge in [0.05, 0.1) is 5.69 Å². The molecular weight excluding hydrogens is 326 g/mol. The van der Waals surface area contributed by atoms with E-state index >= 15 is 0 Å². The Morgan fingerprint density at radius 2 is 1.85 bits per heavy atom. The van der Waals surface area contributed by atoms with Crippen molar-refractivity contribution < 1.29 is 4.79 Å². The number of pyridine rings is 1. The van der Waals surface area contributed by atoms with Crippen LogP contribution < -0.4 is 5.32 Å². The van der Waals surface area contributed by atoms with Crippen LogP contribution in [0, 0.1) is 0 Å². The predicted molar refractivity (Wildman–Crippen MR) is 104 cm³/mol. The summed E-state index contributed by atoms with van der Waals surface area (Å²) in [6.07, 6.45) is 4.94. The van der Waals surface area contributed by atoms with Crippen molar-refractivity contribution in [1.29, 1.82) is 0 Å². The Labute approximate surface area is 153 Å². The molecule has 26 heavy (non-hydrogen) atoms. The number of hydrogen-bond donors (Lipinski definition) is 1. The van der Waals surface area contributed by atoms with E-state index in [0.29, 0.717) is 12.1 Å². The second-order valence-electron chi connectivity index (χ2n) is 6.30. The molecule has 0 saturated heterocycles. The van der Waals surface area contributed by atoms with Gasteiger partial charge >= 0.3 is 0 Å². The summed E-state index contributed by atoms with van der Waals surface area (Å²) in [6, 6.07) is 15.0. The number of carbonyl (C=O) groups excluding carboxylic acids is 1. The number of rotatable bonds is 6. The minimum absolute atomic E-state index is 0.0446. The zero-order valence-corrected chi connectivity index (χ0v) is 15.0. The van der Waals surface area contributed by atoms with Gasteiger partial charge in [0.1, 0.15) is 0 Å². The van der Waals surface area contributed by atoms with Gasteiger partial charge in [0.2, 0.25) is 0 Å². The molecule has 0 fully saturated rings. The lowest BCUT2D eigenvalue weighted by atomic mass is 10.2. The van der Waals surface area contributed by atoms with E-state index in [9.17, 15) is 4.79 Å². The molecule has 3 rings (SSSR count). The molecule has 1 N–H and O–H groups in total. The summed E-state index contributed by atoms with van der Waals surface area (Å²) >= 11 is 0. The summed E-state index contributed by atoms with van der Waals surface area (Å²) in [6.45, 7) is 1.32. The van der Waals surface area contributed by atoms with Gasteiger partial charge in [0.25, 0.3) is 5.91 Å². The summed E-state index contributed by atoms with van der Waals surface area (Å²) in [5.74, 6) is -0.0446. The average molecular weight is 349 g/mol. The Morgan fingerprint density at radius 3 is 2.46 bits per heavy atom. The zero-order chi connectivity index (χ0) is 18.4. The minimum Gasteiger partial charge on any atom is -0.352 e. The third-order valence-electron chi connectivity index (χ3n) is 4.07. The third kappa shape index (κ3) is 4.34. The molecule has 0 aliphatic carbocycles. The van der Waals surface area contributed by atoms with E-state index in [1.165, 1.54) is 0 Å². The standard InChI is InChI=1S/C20H23N5O/c1-24(2)12-13-25(19(26)16-8-4-3-5-9-16)20-22-14-17(15-23-20)18-10-6-7-11-21-18/h3-11,14-15,20,22H,12-13H2,1-2H3. The van der Waals surface area contributed by atoms with Crippen LogP contribution in [-0.2, 0) is 0 Å². The molecule has 1 unspecified atom stereocenters. The van der Waals surface area contributed by atoms with Crippen molar-refractivity contribution in [3.05, 3.63) is 72.2 Å². The van der Waals surface area contributed by atoms with Crippen LogP contribution in [0.1, 0.15) is 16.1 Å². The van der Waals surface area contributed by atoms with E-state index in [0.717, 1.165) is 17.8 Å². The van der Waals surface area contributed by atoms with Crippen molar-refractivity contribution in [3.8, 4) is 0 Å². The molecule has 0 spiro atoms. The van der Waals surface area contributed by atoms with Crippen LogP contribution in [0.4, 0.5) is 0 Å². The minimum atomic E-state index is -0.435. The molecule has 6 heteroatoms. The maximum atomic E-state index is 13.0. The van der Waals surface area contributed by atoms with Crippen LogP contribution in [0.15, 0.2) is 65.9 Å². The molecule has 2 aromatic rings. The molecule has 1 aliphatic heterocycles. The summed E-state index contributed by atoms with van der Waals surface area (Å²) < 4.78 is 0. The molecular formula is C20H23N5O. The first-order valence-electron chi connectivity index (χ1n) is 8.57. The number of aromatic nitrogens is 1. The summed E-state index contributed by atoms with van der Waals surface area (Å²) in [4.78, 5) is 25.6. The summed E-state index contributed by atoms with van der Waals surface area (Å²) in [7, 11) is 3.98. The first-order chi connectivity index (χ1) is 12.6. The number of carbonyl (C=O) groups is 1. The van der Waals surface area contributed by atoms with E-state index < -0.39 is 6.29 Å². The number of hydrogen-bond acceptors (Lipinski definition) is 5. The quantitative estimate of drug-likeness (QED) is 0.867. The number of nitrogens with zero attached hydrogens (tertiary/aromatic N) is 4. The highest BCUT2D eigenvalue weighted by molar-refractivity contribution is 6.09. The van der Waals surface area contributed by atoms with Crippen LogP contribution in [0.5, 0.6) is 0 Å². The summed E-state index contributed by atoms with van der Waals surface area (Å²) in [5.41, 5.74) is 2.39. The van der Waals surface area contributed by atoms with Gasteiger partial charge in [-0.05, 0) is 38.4 Å². The second-order valence-corrected chi connectivity index (χ2v) is 6.30. The smallest absolute Gasteiger partial charge is 0.256 e. The van der Waals surface area contributed by atoms with Gasteiger partial charge in [-0.25, -0.2) is 4.99 Å². The van der Waals surface area contributed by atoms with Crippen LogP contribution in [0.25, 0.3) is 5.57 Å². The van der Waals surface area contributed by atoms with Crippen LogP contribution in [0.3, 0.4) is 0 Å². The van der Waals surface area contributed by atoms with Gasteiger partial charge in [-0.1, -0.05) is 24.3 Å². The maximum absolute atomic E-state index is 13.0. The van der Waals surface area contributed by atoms with Gasteiger partial charge in [-0.3, -0.25) is 14.7 Å². The molecule has 2 heterocycles. The van der Waals surface area contributed by atoms with Gasteiger partial charge in [0, 0.05) is 42.8 Å². The molecule has 1 aliphatic rings.